The molecule has 3 N–H and O–H groups in total. The Kier molecular flexibility index (Phi) is 55.3. The van der Waals surface area contributed by atoms with Crippen molar-refractivity contribution in [2.45, 2.75) is 264 Å². The lowest BCUT2D eigenvalue weighted by atomic mass is 10.0. The summed E-state index contributed by atoms with van der Waals surface area (Å²) in [6, 6.07) is -0.778. The van der Waals surface area contributed by atoms with Crippen LogP contribution in [0.3, 0.4) is 0 Å². The molecule has 0 aromatic carbocycles. The molecule has 0 saturated heterocycles. The van der Waals surface area contributed by atoms with E-state index in [-0.39, 0.29) is 19.1 Å². The van der Waals surface area contributed by atoms with E-state index in [4.69, 9.17) is 9.05 Å². The van der Waals surface area contributed by atoms with Crippen molar-refractivity contribution in [1.29, 1.82) is 0 Å². The van der Waals surface area contributed by atoms with Gasteiger partial charge in [-0.05, 0) is 89.9 Å². The number of aliphatic hydroxyl groups excluding tert-OH is 1. The maximum Gasteiger partial charge on any atom is 0.472 e. The molecular formula is C68H120N2O6P+. The van der Waals surface area contributed by atoms with Crippen molar-refractivity contribution in [1.82, 2.24) is 5.32 Å². The summed E-state index contributed by atoms with van der Waals surface area (Å²) in [6.45, 7) is 4.77. The van der Waals surface area contributed by atoms with Gasteiger partial charge in [-0.2, -0.15) is 0 Å². The van der Waals surface area contributed by atoms with Crippen LogP contribution in [-0.2, 0) is 18.4 Å². The Morgan fingerprint density at radius 3 is 1.14 bits per heavy atom. The molecular weight excluding hydrogens is 972 g/mol. The summed E-state index contributed by atoms with van der Waals surface area (Å²) in [4.78, 5) is 23.4. The number of unbranched alkanes of at least 4 members (excludes halogenated alkanes) is 23. The first kappa shape index (κ1) is 73.9. The molecule has 9 heteroatoms. The Morgan fingerprint density at radius 2 is 0.779 bits per heavy atom. The van der Waals surface area contributed by atoms with E-state index in [1.54, 1.807) is 0 Å². The molecule has 442 valence electrons. The predicted octanol–water partition coefficient (Wildman–Crippen LogP) is 19.7. The van der Waals surface area contributed by atoms with Crippen molar-refractivity contribution in [3.63, 3.8) is 0 Å². The minimum atomic E-state index is -4.34. The molecule has 0 heterocycles. The van der Waals surface area contributed by atoms with E-state index in [2.05, 4.69) is 141 Å². The van der Waals surface area contributed by atoms with Crippen LogP contribution in [0.2, 0.25) is 0 Å². The van der Waals surface area contributed by atoms with Crippen molar-refractivity contribution < 1.29 is 32.9 Å². The number of aliphatic hydroxyl groups is 1. The van der Waals surface area contributed by atoms with Crippen molar-refractivity contribution in [2.75, 3.05) is 40.9 Å². The number of hydrogen-bond acceptors (Lipinski definition) is 5. The zero-order valence-electron chi connectivity index (χ0n) is 50.4. The quantitative estimate of drug-likeness (QED) is 0.0243. The SMILES string of the molecule is CC/C=C\C/C=C\C/C=C\C/C=C\C/C=C\C/C=C\C/C=C\C/C=C\C/C=C\C/C=C\CCCCCCCCC(=O)NC(COP(=O)(O)OCC[N+](C)(C)C)C(O)CCCCCCCCCCCCCCCCCCCC. The molecule has 0 spiro atoms. The van der Waals surface area contributed by atoms with Gasteiger partial charge < -0.3 is 19.8 Å². The third-order valence-electron chi connectivity index (χ3n) is 13.5. The largest absolute Gasteiger partial charge is 0.472 e. The number of phosphoric acid groups is 1. The Bertz CT molecular complexity index is 1670. The fourth-order valence-electron chi connectivity index (χ4n) is 8.60. The molecule has 0 aliphatic rings. The van der Waals surface area contributed by atoms with Gasteiger partial charge in [-0.25, -0.2) is 4.57 Å². The second-order valence-corrected chi connectivity index (χ2v) is 23.5. The average molecular weight is 1090 g/mol. The van der Waals surface area contributed by atoms with Crippen LogP contribution >= 0.6 is 7.82 Å². The van der Waals surface area contributed by atoms with Gasteiger partial charge in [0.2, 0.25) is 5.91 Å². The minimum Gasteiger partial charge on any atom is -0.391 e. The second kappa shape index (κ2) is 57.6. The highest BCUT2D eigenvalue weighted by molar-refractivity contribution is 7.47. The second-order valence-electron chi connectivity index (χ2n) is 22.1. The van der Waals surface area contributed by atoms with Crippen molar-refractivity contribution in [3.05, 3.63) is 122 Å². The van der Waals surface area contributed by atoms with E-state index in [0.29, 0.717) is 23.9 Å². The number of phosphoric ester groups is 1. The predicted molar refractivity (Wildman–Crippen MR) is 336 cm³/mol. The molecule has 1 amide bonds. The van der Waals surface area contributed by atoms with Gasteiger partial charge in [-0.3, -0.25) is 13.8 Å². The number of nitrogens with one attached hydrogen (secondary N) is 1. The monoisotopic (exact) mass is 1090 g/mol. The number of carbonyl (C=O) groups is 1. The molecule has 0 aliphatic carbocycles. The van der Waals surface area contributed by atoms with Crippen LogP contribution in [-0.4, -0.2) is 73.4 Å². The average Bonchev–Trinajstić information content (AvgIpc) is 3.39. The molecule has 8 nitrogen and oxygen atoms in total. The minimum absolute atomic E-state index is 0.0658. The molecule has 0 aromatic rings. The summed E-state index contributed by atoms with van der Waals surface area (Å²) in [5, 5.41) is 14.1. The van der Waals surface area contributed by atoms with E-state index in [1.807, 2.05) is 21.1 Å². The lowest BCUT2D eigenvalue weighted by Gasteiger charge is -2.26. The third kappa shape index (κ3) is 60.4. The highest BCUT2D eigenvalue weighted by atomic mass is 31.2. The number of allylic oxidation sites excluding steroid dienone is 20. The van der Waals surface area contributed by atoms with Crippen LogP contribution in [0.1, 0.15) is 251 Å². The maximum absolute atomic E-state index is 13.0. The molecule has 0 aromatic heterocycles. The van der Waals surface area contributed by atoms with Crippen LogP contribution in [0.5, 0.6) is 0 Å². The fourth-order valence-corrected chi connectivity index (χ4v) is 9.34. The molecule has 0 rings (SSSR count). The summed E-state index contributed by atoms with van der Waals surface area (Å²) >= 11 is 0. The van der Waals surface area contributed by atoms with Crippen LogP contribution in [0.4, 0.5) is 0 Å². The zero-order valence-corrected chi connectivity index (χ0v) is 51.3. The van der Waals surface area contributed by atoms with Gasteiger partial charge in [-0.1, -0.05) is 277 Å². The molecule has 0 saturated carbocycles. The van der Waals surface area contributed by atoms with Gasteiger partial charge in [0.05, 0.1) is 39.9 Å². The highest BCUT2D eigenvalue weighted by Gasteiger charge is 2.28. The first-order chi connectivity index (χ1) is 37.5. The van der Waals surface area contributed by atoms with Crippen LogP contribution in [0, 0.1) is 0 Å². The summed E-state index contributed by atoms with van der Waals surface area (Å²) in [6.07, 6.45) is 85.5. The van der Waals surface area contributed by atoms with Gasteiger partial charge in [0.1, 0.15) is 13.2 Å². The van der Waals surface area contributed by atoms with Gasteiger partial charge in [-0.15, -0.1) is 0 Å². The van der Waals surface area contributed by atoms with Gasteiger partial charge in [0, 0.05) is 6.42 Å². The molecule has 0 radical (unpaired) electrons. The van der Waals surface area contributed by atoms with E-state index < -0.39 is 20.0 Å². The van der Waals surface area contributed by atoms with Gasteiger partial charge >= 0.3 is 7.82 Å². The summed E-state index contributed by atoms with van der Waals surface area (Å²) in [5.41, 5.74) is 0. The van der Waals surface area contributed by atoms with E-state index in [1.165, 1.54) is 109 Å². The normalized spacial score (nSPS) is 14.6. The molecule has 0 bridgehead atoms. The van der Waals surface area contributed by atoms with E-state index >= 15 is 0 Å². The summed E-state index contributed by atoms with van der Waals surface area (Å²) < 4.78 is 23.8. The van der Waals surface area contributed by atoms with Gasteiger partial charge in [0.25, 0.3) is 0 Å². The Morgan fingerprint density at radius 1 is 0.455 bits per heavy atom. The molecule has 0 aliphatic heterocycles. The standard InChI is InChI=1S/C68H119N2O6P/c1-6-8-10-12-14-16-18-20-22-24-26-27-28-29-30-31-32-33-34-35-36-37-38-39-40-41-42-43-44-46-48-50-52-54-56-58-60-62-68(72)69-66(65-76-77(73,74)75-64-63-70(3,4)5)67(71)61-59-57-55-53-51-49-47-45-25-23-21-19-17-15-13-11-9-7-2/h8,10,14,16,20,22,26-27,29-30,32-33,35-36,38-39,41-42,44,46,66-67,71H,6-7,9,11-13,15,17-19,21,23-25,28,31,34,37,40,43,45,47-65H2,1-5H3,(H-,69,72,73,74)/p+1/b10-8-,16-14-,22-20-,27-26-,30-29-,33-32-,36-35-,39-38-,42-41-,46-44-. The Hall–Kier alpha value is -3.10. The number of likely N-dealkylation sites (N-methyl/N-ethyl adjacent to an activating group) is 1. The molecule has 0 fully saturated rings. The smallest absolute Gasteiger partial charge is 0.391 e. The van der Waals surface area contributed by atoms with Crippen molar-refractivity contribution >= 4 is 13.7 Å². The highest BCUT2D eigenvalue weighted by Crippen LogP contribution is 2.43. The number of amides is 1. The first-order valence-corrected chi connectivity index (χ1v) is 32.9. The van der Waals surface area contributed by atoms with Crippen LogP contribution < -0.4 is 5.32 Å². The summed E-state index contributed by atoms with van der Waals surface area (Å²) in [7, 11) is 1.59. The zero-order chi connectivity index (χ0) is 56.3. The number of carbonyl (C=O) groups excluding carboxylic acids is 1. The van der Waals surface area contributed by atoms with Crippen LogP contribution in [0.15, 0.2) is 122 Å². The van der Waals surface area contributed by atoms with E-state index in [0.717, 1.165) is 116 Å². The molecule has 77 heavy (non-hydrogen) atoms. The third-order valence-corrected chi connectivity index (χ3v) is 14.5. The number of rotatable bonds is 56. The van der Waals surface area contributed by atoms with Crippen molar-refractivity contribution in [2.24, 2.45) is 0 Å². The summed E-state index contributed by atoms with van der Waals surface area (Å²) in [5.74, 6) is -0.162. The lowest BCUT2D eigenvalue weighted by Crippen LogP contribution is -2.46. The number of hydrogen-bond donors (Lipinski definition) is 3. The maximum atomic E-state index is 13.0. The van der Waals surface area contributed by atoms with Gasteiger partial charge in [0.15, 0.2) is 0 Å². The first-order valence-electron chi connectivity index (χ1n) is 31.4. The number of nitrogens with zero attached hydrogens (tertiary/aromatic N) is 1. The molecule has 3 unspecified atom stereocenters. The Balaban J connectivity index is 4.18. The lowest BCUT2D eigenvalue weighted by molar-refractivity contribution is -0.870. The van der Waals surface area contributed by atoms with Crippen LogP contribution in [0.25, 0.3) is 0 Å². The van der Waals surface area contributed by atoms with Crippen molar-refractivity contribution in [3.8, 4) is 0 Å². The Labute approximate surface area is 475 Å². The molecule has 3 atom stereocenters. The number of quaternary nitrogens is 1. The topological polar surface area (TPSA) is 105 Å². The fraction of sp³-hybridized carbons (Fsp3) is 0.691. The van der Waals surface area contributed by atoms with E-state index in [9.17, 15) is 19.4 Å².